The molecule has 0 aliphatic heterocycles. The molecular formula is C56H36N2O2. The summed E-state index contributed by atoms with van der Waals surface area (Å²) in [6.45, 7) is 0. The lowest BCUT2D eigenvalue weighted by atomic mass is 10.0. The molecule has 0 unspecified atom stereocenters. The largest absolute Gasteiger partial charge is 0.456 e. The molecule has 12 rings (SSSR count). The predicted octanol–water partition coefficient (Wildman–Crippen LogP) is 16.4. The van der Waals surface area contributed by atoms with Gasteiger partial charge in [0.05, 0.1) is 11.4 Å². The van der Waals surface area contributed by atoms with E-state index in [2.05, 4.69) is 216 Å². The van der Waals surface area contributed by atoms with E-state index in [9.17, 15) is 0 Å². The quantitative estimate of drug-likeness (QED) is 0.162. The summed E-state index contributed by atoms with van der Waals surface area (Å²) in [5.41, 5.74) is 11.7. The van der Waals surface area contributed by atoms with Crippen molar-refractivity contribution in [2.24, 2.45) is 0 Å². The number of fused-ring (bicyclic) bond motifs is 9. The van der Waals surface area contributed by atoms with Gasteiger partial charge < -0.3 is 18.6 Å². The minimum atomic E-state index is 0.808. The molecule has 0 saturated carbocycles. The first-order chi connectivity index (χ1) is 29.7. The summed E-state index contributed by atoms with van der Waals surface area (Å²) in [6, 6.07) is 77.5. The number of para-hydroxylation sites is 2. The summed E-state index contributed by atoms with van der Waals surface area (Å²) in [6.07, 6.45) is 0. The minimum Gasteiger partial charge on any atom is -0.456 e. The highest BCUT2D eigenvalue weighted by molar-refractivity contribution is 6.20. The fourth-order valence-electron chi connectivity index (χ4n) is 8.96. The normalized spacial score (nSPS) is 11.7. The monoisotopic (exact) mass is 768 g/mol. The summed E-state index contributed by atoms with van der Waals surface area (Å²) in [5, 5.41) is 8.99. The highest BCUT2D eigenvalue weighted by Gasteiger charge is 2.26. The highest BCUT2D eigenvalue weighted by atomic mass is 16.3. The maximum atomic E-state index is 6.85. The van der Waals surface area contributed by atoms with Crippen molar-refractivity contribution in [3.05, 3.63) is 218 Å². The Bertz CT molecular complexity index is 3550. The highest BCUT2D eigenvalue weighted by Crippen LogP contribution is 2.50. The van der Waals surface area contributed by atoms with Crippen molar-refractivity contribution in [1.29, 1.82) is 0 Å². The van der Waals surface area contributed by atoms with Crippen LogP contribution in [-0.4, -0.2) is 0 Å². The average Bonchev–Trinajstić information content (AvgIpc) is 3.88. The van der Waals surface area contributed by atoms with Crippen LogP contribution in [0.1, 0.15) is 0 Å². The first-order valence-electron chi connectivity index (χ1n) is 20.3. The van der Waals surface area contributed by atoms with Crippen LogP contribution in [0.15, 0.2) is 227 Å². The first kappa shape index (κ1) is 34.0. The number of nitrogens with zero attached hydrogens (tertiary/aromatic N) is 2. The van der Waals surface area contributed by atoms with Gasteiger partial charge in [-0.1, -0.05) is 140 Å². The molecule has 4 heteroatoms. The van der Waals surface area contributed by atoms with Crippen LogP contribution >= 0.6 is 0 Å². The Morgan fingerprint density at radius 3 is 1.63 bits per heavy atom. The lowest BCUT2D eigenvalue weighted by Crippen LogP contribution is -2.17. The number of hydrogen-bond acceptors (Lipinski definition) is 4. The second kappa shape index (κ2) is 13.8. The molecule has 2 heterocycles. The smallest absolute Gasteiger partial charge is 0.137 e. The fraction of sp³-hybridized carbons (Fsp3) is 0. The zero-order valence-electron chi connectivity index (χ0n) is 32.5. The van der Waals surface area contributed by atoms with Crippen molar-refractivity contribution in [3.8, 4) is 11.1 Å². The van der Waals surface area contributed by atoms with E-state index in [0.29, 0.717) is 0 Å². The van der Waals surface area contributed by atoms with E-state index in [1.165, 1.54) is 16.3 Å². The van der Waals surface area contributed by atoms with Gasteiger partial charge in [0.2, 0.25) is 0 Å². The molecule has 12 aromatic rings. The van der Waals surface area contributed by atoms with Crippen molar-refractivity contribution in [1.82, 2.24) is 0 Å². The Morgan fingerprint density at radius 1 is 0.267 bits per heavy atom. The molecule has 0 spiro atoms. The number of furan rings is 2. The Hall–Kier alpha value is -8.08. The summed E-state index contributed by atoms with van der Waals surface area (Å²) < 4.78 is 13.4. The summed E-state index contributed by atoms with van der Waals surface area (Å²) in [7, 11) is 0. The average molecular weight is 769 g/mol. The third kappa shape index (κ3) is 5.61. The Balaban J connectivity index is 1.18. The van der Waals surface area contributed by atoms with Crippen molar-refractivity contribution >= 4 is 99.5 Å². The van der Waals surface area contributed by atoms with Gasteiger partial charge in [-0.3, -0.25) is 0 Å². The summed E-state index contributed by atoms with van der Waals surface area (Å²) >= 11 is 0. The van der Waals surface area contributed by atoms with Crippen LogP contribution in [0.25, 0.3) is 76.5 Å². The van der Waals surface area contributed by atoms with Gasteiger partial charge in [-0.05, 0) is 99.4 Å². The molecule has 0 radical (unpaired) electrons. The second-order valence-electron chi connectivity index (χ2n) is 15.3. The van der Waals surface area contributed by atoms with Crippen molar-refractivity contribution in [3.63, 3.8) is 0 Å². The summed E-state index contributed by atoms with van der Waals surface area (Å²) in [4.78, 5) is 4.73. The molecule has 4 nitrogen and oxygen atoms in total. The molecule has 0 amide bonds. The van der Waals surface area contributed by atoms with Gasteiger partial charge in [-0.15, -0.1) is 0 Å². The van der Waals surface area contributed by atoms with E-state index in [-0.39, 0.29) is 0 Å². The van der Waals surface area contributed by atoms with Crippen LogP contribution in [0.5, 0.6) is 0 Å². The Morgan fingerprint density at radius 2 is 0.800 bits per heavy atom. The fourth-order valence-corrected chi connectivity index (χ4v) is 8.96. The number of rotatable bonds is 7. The van der Waals surface area contributed by atoms with Crippen LogP contribution < -0.4 is 9.80 Å². The Labute approximate surface area is 346 Å². The topological polar surface area (TPSA) is 32.8 Å². The van der Waals surface area contributed by atoms with E-state index in [0.717, 1.165) is 94.3 Å². The van der Waals surface area contributed by atoms with Gasteiger partial charge in [0.25, 0.3) is 0 Å². The third-order valence-electron chi connectivity index (χ3n) is 11.8. The molecule has 2 aromatic heterocycles. The van der Waals surface area contributed by atoms with Gasteiger partial charge in [0.1, 0.15) is 22.3 Å². The molecule has 0 aliphatic carbocycles. The standard InChI is InChI=1S/C56H36N2O2/c1-3-13-37(14-4-1)39-23-27-43(28-24-39)57(42-18-5-2-6-19-42)50-35-49-55(60-53-32-26-40-16-9-10-20-46(40)56(49)53)36-51(50)58(44-29-25-38-15-7-8-17-41(38)33-44)45-30-31-48-47-21-11-12-22-52(47)59-54(48)34-45/h1-36H. The van der Waals surface area contributed by atoms with Gasteiger partial charge in [-0.25, -0.2) is 0 Å². The number of anilines is 6. The zero-order chi connectivity index (χ0) is 39.6. The van der Waals surface area contributed by atoms with E-state index in [1.807, 2.05) is 12.1 Å². The zero-order valence-corrected chi connectivity index (χ0v) is 32.5. The van der Waals surface area contributed by atoms with E-state index < -0.39 is 0 Å². The molecule has 0 bridgehead atoms. The second-order valence-corrected chi connectivity index (χ2v) is 15.3. The lowest BCUT2D eigenvalue weighted by molar-refractivity contribution is 0.669. The maximum Gasteiger partial charge on any atom is 0.137 e. The maximum absolute atomic E-state index is 6.85. The predicted molar refractivity (Wildman–Crippen MR) is 251 cm³/mol. The first-order valence-corrected chi connectivity index (χ1v) is 20.3. The van der Waals surface area contributed by atoms with E-state index in [4.69, 9.17) is 8.83 Å². The molecular weight excluding hydrogens is 733 g/mol. The molecule has 0 saturated heterocycles. The molecule has 282 valence electrons. The minimum absolute atomic E-state index is 0.808. The molecule has 10 aromatic carbocycles. The number of benzene rings is 10. The Kier molecular flexibility index (Phi) is 7.82. The van der Waals surface area contributed by atoms with Gasteiger partial charge in [0, 0.05) is 56.4 Å². The molecule has 0 atom stereocenters. The van der Waals surface area contributed by atoms with Crippen LogP contribution in [0, 0.1) is 0 Å². The molecule has 0 N–H and O–H groups in total. The SMILES string of the molecule is c1ccc(-c2ccc(N(c3ccccc3)c3cc4c(cc3N(c3ccc5ccccc5c3)c3ccc5c(c3)oc3ccccc35)oc3ccc5ccccc5c34)cc2)cc1. The third-order valence-corrected chi connectivity index (χ3v) is 11.8. The van der Waals surface area contributed by atoms with Crippen LogP contribution in [0.3, 0.4) is 0 Å². The van der Waals surface area contributed by atoms with Gasteiger partial charge in [0.15, 0.2) is 0 Å². The lowest BCUT2D eigenvalue weighted by Gasteiger charge is -2.33. The molecule has 60 heavy (non-hydrogen) atoms. The van der Waals surface area contributed by atoms with Crippen LogP contribution in [0.2, 0.25) is 0 Å². The van der Waals surface area contributed by atoms with Crippen molar-refractivity contribution in [2.45, 2.75) is 0 Å². The van der Waals surface area contributed by atoms with Gasteiger partial charge >= 0.3 is 0 Å². The molecule has 0 fully saturated rings. The van der Waals surface area contributed by atoms with Crippen molar-refractivity contribution < 1.29 is 8.83 Å². The molecule has 0 aliphatic rings. The van der Waals surface area contributed by atoms with Gasteiger partial charge in [-0.2, -0.15) is 0 Å². The summed E-state index contributed by atoms with van der Waals surface area (Å²) in [5.74, 6) is 0. The van der Waals surface area contributed by atoms with Crippen LogP contribution in [0.4, 0.5) is 34.1 Å². The number of hydrogen-bond donors (Lipinski definition) is 0. The van der Waals surface area contributed by atoms with Crippen molar-refractivity contribution in [2.75, 3.05) is 9.80 Å². The van der Waals surface area contributed by atoms with Crippen LogP contribution in [-0.2, 0) is 0 Å². The van der Waals surface area contributed by atoms with E-state index >= 15 is 0 Å². The van der Waals surface area contributed by atoms with E-state index in [1.54, 1.807) is 0 Å².